The van der Waals surface area contributed by atoms with Crippen molar-refractivity contribution in [3.8, 4) is 5.75 Å². The summed E-state index contributed by atoms with van der Waals surface area (Å²) in [5.74, 6) is -0.544. The molecule has 0 saturated carbocycles. The zero-order valence-corrected chi connectivity index (χ0v) is 23.8. The Labute approximate surface area is 238 Å². The van der Waals surface area contributed by atoms with E-state index in [1.807, 2.05) is 6.92 Å². The normalized spacial score (nSPS) is 24.3. The van der Waals surface area contributed by atoms with Crippen molar-refractivity contribution in [2.45, 2.75) is 50.0 Å². The molecule has 0 aliphatic carbocycles. The third kappa shape index (κ3) is 5.51. The van der Waals surface area contributed by atoms with Gasteiger partial charge in [-0.15, -0.1) is 23.1 Å². The number of carbonyl (C=O) groups is 3. The third-order valence-corrected chi connectivity index (χ3v) is 8.77. The van der Waals surface area contributed by atoms with Gasteiger partial charge in [0.1, 0.15) is 42.3 Å². The summed E-state index contributed by atoms with van der Waals surface area (Å²) in [6.45, 7) is 2.01. The van der Waals surface area contributed by atoms with Gasteiger partial charge in [0.2, 0.25) is 0 Å². The lowest BCUT2D eigenvalue weighted by Gasteiger charge is -2.50. The number of nitrogens with one attached hydrogen (secondary N) is 1. The van der Waals surface area contributed by atoms with E-state index in [9.17, 15) is 14.4 Å². The number of fused-ring (bicyclic) bond motifs is 1. The second kappa shape index (κ2) is 11.9. The highest BCUT2D eigenvalue weighted by Crippen LogP contribution is 2.43. The molecule has 40 heavy (non-hydrogen) atoms. The molecular formula is C26H29N5O7S2. The standard InChI is InChI=1S/C26H29N5O7S2/c1-13-4-9-18(38-13)16-11-39-24-20(29-22(32)19(30-36-3)17-12-40-26(27)28-17)23(33)31(24)21(16)25(34)37-10-14-5-7-15(35-2)8-6-14/h5-8,12-13,18,20,24H,4,9-11H2,1-3H3,(H2,27,28)(H,29,32)/b30-19-/t13-,18-,20+,24+/m0/s1. The Morgan fingerprint density at radius 2 is 2.02 bits per heavy atom. The van der Waals surface area contributed by atoms with Crippen LogP contribution in [0.1, 0.15) is 31.0 Å². The van der Waals surface area contributed by atoms with E-state index in [1.165, 1.54) is 23.8 Å². The summed E-state index contributed by atoms with van der Waals surface area (Å²) in [6.07, 6.45) is 1.36. The lowest BCUT2D eigenvalue weighted by molar-refractivity contribution is -0.153. The Morgan fingerprint density at radius 1 is 1.25 bits per heavy atom. The van der Waals surface area contributed by atoms with Crippen LogP contribution in [0.15, 0.2) is 46.1 Å². The Kier molecular flexibility index (Phi) is 8.28. The number of rotatable bonds is 9. The first-order chi connectivity index (χ1) is 19.3. The topological polar surface area (TPSA) is 155 Å². The second-order valence-corrected chi connectivity index (χ2v) is 11.4. The third-order valence-electron chi connectivity index (χ3n) is 6.79. The van der Waals surface area contributed by atoms with Crippen LogP contribution in [0.4, 0.5) is 5.13 Å². The van der Waals surface area contributed by atoms with E-state index < -0.39 is 29.2 Å². The molecule has 2 fully saturated rings. The van der Waals surface area contributed by atoms with Crippen molar-refractivity contribution in [3.63, 3.8) is 0 Å². The maximum atomic E-state index is 13.5. The van der Waals surface area contributed by atoms with Crippen molar-refractivity contribution in [3.05, 3.63) is 52.2 Å². The number of nitrogens with zero attached hydrogens (tertiary/aromatic N) is 3. The van der Waals surface area contributed by atoms with Gasteiger partial charge in [-0.25, -0.2) is 9.78 Å². The first kappa shape index (κ1) is 27.9. The van der Waals surface area contributed by atoms with Crippen molar-refractivity contribution in [1.29, 1.82) is 0 Å². The number of hydrogen-bond donors (Lipinski definition) is 2. The van der Waals surface area contributed by atoms with Gasteiger partial charge in [-0.05, 0) is 43.0 Å². The largest absolute Gasteiger partial charge is 0.497 e. The van der Waals surface area contributed by atoms with Crippen LogP contribution >= 0.6 is 23.1 Å². The minimum Gasteiger partial charge on any atom is -0.497 e. The van der Waals surface area contributed by atoms with Crippen LogP contribution in [0, 0.1) is 0 Å². The highest BCUT2D eigenvalue weighted by atomic mass is 32.2. The molecule has 0 unspecified atom stereocenters. The zero-order valence-electron chi connectivity index (χ0n) is 22.1. The van der Waals surface area contributed by atoms with Gasteiger partial charge in [0.15, 0.2) is 10.8 Å². The number of thiazole rings is 1. The fourth-order valence-electron chi connectivity index (χ4n) is 4.78. The van der Waals surface area contributed by atoms with Gasteiger partial charge < -0.3 is 30.1 Å². The number of nitrogens with two attached hydrogens (primary N) is 1. The molecule has 5 rings (SSSR count). The Morgan fingerprint density at radius 3 is 2.65 bits per heavy atom. The molecule has 14 heteroatoms. The monoisotopic (exact) mass is 587 g/mol. The van der Waals surface area contributed by atoms with Crippen molar-refractivity contribution in [2.24, 2.45) is 5.16 Å². The number of aromatic nitrogens is 1. The number of oxime groups is 1. The van der Waals surface area contributed by atoms with E-state index >= 15 is 0 Å². The smallest absolute Gasteiger partial charge is 0.355 e. The van der Waals surface area contributed by atoms with Gasteiger partial charge in [-0.3, -0.25) is 14.5 Å². The SMILES string of the molecule is CO/N=C(\C(=O)N[C@@H]1C(=O)N2C(C(=O)OCc3ccc(OC)cc3)=C([C@@H]3CC[C@H](C)O3)CS[C@H]12)c1csc(N)n1. The number of carbonyl (C=O) groups excluding carboxylic acids is 3. The molecule has 2 saturated heterocycles. The number of methoxy groups -OCH3 is 1. The number of nitrogen functional groups attached to an aromatic ring is 1. The number of anilines is 1. The van der Waals surface area contributed by atoms with Gasteiger partial charge in [0.25, 0.3) is 11.8 Å². The van der Waals surface area contributed by atoms with Crippen LogP contribution in [0.25, 0.3) is 0 Å². The lowest BCUT2D eigenvalue weighted by Crippen LogP contribution is -2.71. The maximum Gasteiger partial charge on any atom is 0.355 e. The van der Waals surface area contributed by atoms with Crippen LogP contribution < -0.4 is 15.8 Å². The number of amides is 2. The van der Waals surface area contributed by atoms with Crippen LogP contribution in [0.5, 0.6) is 5.75 Å². The van der Waals surface area contributed by atoms with Crippen LogP contribution in [-0.2, 0) is 35.3 Å². The molecule has 4 atom stereocenters. The van der Waals surface area contributed by atoms with Crippen molar-refractivity contribution in [1.82, 2.24) is 15.2 Å². The molecule has 3 aliphatic rings. The molecule has 212 valence electrons. The fraction of sp³-hybridized carbons (Fsp3) is 0.423. The summed E-state index contributed by atoms with van der Waals surface area (Å²) in [5, 5.41) is 7.83. The molecule has 1 aromatic heterocycles. The quantitative estimate of drug-likeness (QED) is 0.193. The summed E-state index contributed by atoms with van der Waals surface area (Å²) in [4.78, 5) is 50.3. The van der Waals surface area contributed by atoms with E-state index in [2.05, 4.69) is 15.5 Å². The molecular weight excluding hydrogens is 558 g/mol. The van der Waals surface area contributed by atoms with Crippen molar-refractivity contribution in [2.75, 3.05) is 25.7 Å². The van der Waals surface area contributed by atoms with Crippen LogP contribution in [0.3, 0.4) is 0 Å². The number of β-lactam (4-membered cyclic amide) rings is 1. The van der Waals surface area contributed by atoms with Crippen LogP contribution in [-0.4, -0.2) is 77.0 Å². The average Bonchev–Trinajstić information content (AvgIpc) is 3.60. The van der Waals surface area contributed by atoms with Crippen molar-refractivity contribution >= 4 is 51.7 Å². The first-order valence-corrected chi connectivity index (χ1v) is 14.5. The van der Waals surface area contributed by atoms with Gasteiger partial charge in [-0.2, -0.15) is 0 Å². The molecule has 3 N–H and O–H groups in total. The van der Waals surface area contributed by atoms with E-state index in [0.717, 1.165) is 35.3 Å². The van der Waals surface area contributed by atoms with Gasteiger partial charge >= 0.3 is 5.97 Å². The molecule has 12 nitrogen and oxygen atoms in total. The number of esters is 1. The molecule has 4 heterocycles. The summed E-state index contributed by atoms with van der Waals surface area (Å²) in [6, 6.07) is 6.28. The predicted molar refractivity (Wildman–Crippen MR) is 148 cm³/mol. The Bertz CT molecular complexity index is 1360. The fourth-order valence-corrected chi connectivity index (χ4v) is 6.73. The number of thioether (sulfide) groups is 1. The second-order valence-electron chi connectivity index (χ2n) is 9.37. The Balaban J connectivity index is 1.35. The molecule has 3 aliphatic heterocycles. The summed E-state index contributed by atoms with van der Waals surface area (Å²) >= 11 is 2.60. The van der Waals surface area contributed by atoms with E-state index in [4.69, 9.17) is 24.8 Å². The lowest BCUT2D eigenvalue weighted by atomic mass is 9.99. The molecule has 0 spiro atoms. The predicted octanol–water partition coefficient (Wildman–Crippen LogP) is 2.05. The minimum atomic E-state index is -0.884. The zero-order chi connectivity index (χ0) is 28.4. The Hall–Kier alpha value is -3.62. The molecule has 1 aromatic carbocycles. The summed E-state index contributed by atoms with van der Waals surface area (Å²) in [7, 11) is 2.88. The maximum absolute atomic E-state index is 13.5. The molecule has 2 amide bonds. The highest BCUT2D eigenvalue weighted by molar-refractivity contribution is 8.00. The summed E-state index contributed by atoms with van der Waals surface area (Å²) < 4.78 is 16.9. The van der Waals surface area contributed by atoms with Gasteiger partial charge in [0, 0.05) is 11.1 Å². The van der Waals surface area contributed by atoms with E-state index in [0.29, 0.717) is 11.5 Å². The first-order valence-electron chi connectivity index (χ1n) is 12.6. The van der Waals surface area contributed by atoms with E-state index in [1.54, 1.807) is 36.8 Å². The number of benzene rings is 1. The van der Waals surface area contributed by atoms with Gasteiger partial charge in [0.05, 0.1) is 19.3 Å². The molecule has 0 radical (unpaired) electrons. The van der Waals surface area contributed by atoms with Crippen LogP contribution in [0.2, 0.25) is 0 Å². The van der Waals surface area contributed by atoms with Gasteiger partial charge in [-0.1, -0.05) is 17.3 Å². The number of ether oxygens (including phenoxy) is 3. The van der Waals surface area contributed by atoms with Crippen molar-refractivity contribution < 1.29 is 33.4 Å². The van der Waals surface area contributed by atoms with E-state index in [-0.39, 0.29) is 41.0 Å². The average molecular weight is 588 g/mol. The number of hydrogen-bond acceptors (Lipinski definition) is 12. The molecule has 2 aromatic rings. The molecule has 0 bridgehead atoms. The minimum absolute atomic E-state index is 0.0230. The highest BCUT2D eigenvalue weighted by Gasteiger charge is 2.55. The summed E-state index contributed by atoms with van der Waals surface area (Å²) in [5.41, 5.74) is 7.52.